The largest absolute Gasteiger partial charge is 0.348 e. The molecule has 0 spiro atoms. The molecule has 4 heteroatoms. The second kappa shape index (κ2) is 5.27. The molecule has 0 aliphatic heterocycles. The van der Waals surface area contributed by atoms with Crippen LogP contribution in [0.2, 0.25) is 0 Å². The topological polar surface area (TPSA) is 68.0 Å². The molecule has 4 nitrogen and oxygen atoms in total. The van der Waals surface area contributed by atoms with Crippen molar-refractivity contribution in [1.82, 2.24) is 10.3 Å². The first-order chi connectivity index (χ1) is 8.18. The molecule has 0 radical (unpaired) electrons. The molecular formula is C13H19N3O. The van der Waals surface area contributed by atoms with Gasteiger partial charge in [0.2, 0.25) is 5.91 Å². The van der Waals surface area contributed by atoms with Crippen molar-refractivity contribution in [3.63, 3.8) is 0 Å². The lowest BCUT2D eigenvalue weighted by Gasteiger charge is -2.19. The van der Waals surface area contributed by atoms with Crippen molar-refractivity contribution in [3.05, 3.63) is 30.1 Å². The second-order valence-electron chi connectivity index (χ2n) is 4.69. The fraction of sp³-hybridized carbons (Fsp3) is 0.538. The van der Waals surface area contributed by atoms with Gasteiger partial charge in [0.15, 0.2) is 0 Å². The van der Waals surface area contributed by atoms with Crippen molar-refractivity contribution in [3.8, 4) is 0 Å². The van der Waals surface area contributed by atoms with Crippen molar-refractivity contribution in [2.45, 2.75) is 38.3 Å². The standard InChI is InChI=1S/C13H19N3O/c1-9(12-7-2-3-8-15-12)16-13(17)10-5-4-6-11(10)14/h2-3,7-11H,4-6,14H2,1H3,(H,16,17). The number of hydrogen-bond donors (Lipinski definition) is 2. The highest BCUT2D eigenvalue weighted by atomic mass is 16.2. The second-order valence-corrected chi connectivity index (χ2v) is 4.69. The molecule has 0 aromatic carbocycles. The molecular weight excluding hydrogens is 214 g/mol. The van der Waals surface area contributed by atoms with Gasteiger partial charge in [0, 0.05) is 12.2 Å². The molecule has 1 aromatic heterocycles. The third-order valence-electron chi connectivity index (χ3n) is 3.40. The van der Waals surface area contributed by atoms with Gasteiger partial charge in [0.05, 0.1) is 17.7 Å². The van der Waals surface area contributed by atoms with E-state index in [2.05, 4.69) is 10.3 Å². The number of aromatic nitrogens is 1. The smallest absolute Gasteiger partial charge is 0.225 e. The van der Waals surface area contributed by atoms with Crippen molar-refractivity contribution in [2.24, 2.45) is 11.7 Å². The molecule has 0 saturated heterocycles. The fourth-order valence-corrected chi connectivity index (χ4v) is 2.34. The van der Waals surface area contributed by atoms with Crippen LogP contribution in [0.25, 0.3) is 0 Å². The molecule has 1 saturated carbocycles. The van der Waals surface area contributed by atoms with Crippen LogP contribution in [0.5, 0.6) is 0 Å². The Hall–Kier alpha value is -1.42. The molecule has 1 aromatic rings. The maximum Gasteiger partial charge on any atom is 0.225 e. The average molecular weight is 233 g/mol. The van der Waals surface area contributed by atoms with Crippen LogP contribution in [0.15, 0.2) is 24.4 Å². The number of nitrogens with one attached hydrogen (secondary N) is 1. The highest BCUT2D eigenvalue weighted by Gasteiger charge is 2.30. The summed E-state index contributed by atoms with van der Waals surface area (Å²) < 4.78 is 0. The quantitative estimate of drug-likeness (QED) is 0.829. The minimum atomic E-state index is -0.0588. The van der Waals surface area contributed by atoms with Crippen LogP contribution in [-0.2, 0) is 4.79 Å². The number of nitrogens with zero attached hydrogens (tertiary/aromatic N) is 1. The summed E-state index contributed by atoms with van der Waals surface area (Å²) in [4.78, 5) is 16.3. The van der Waals surface area contributed by atoms with E-state index in [4.69, 9.17) is 5.73 Å². The molecule has 0 bridgehead atoms. The number of hydrogen-bond acceptors (Lipinski definition) is 3. The Balaban J connectivity index is 1.95. The summed E-state index contributed by atoms with van der Waals surface area (Å²) in [7, 11) is 0. The Morgan fingerprint density at radius 2 is 2.35 bits per heavy atom. The van der Waals surface area contributed by atoms with E-state index in [-0.39, 0.29) is 23.9 Å². The van der Waals surface area contributed by atoms with Gasteiger partial charge in [-0.05, 0) is 31.9 Å². The monoisotopic (exact) mass is 233 g/mol. The van der Waals surface area contributed by atoms with Gasteiger partial charge < -0.3 is 11.1 Å². The Morgan fingerprint density at radius 3 is 2.94 bits per heavy atom. The summed E-state index contributed by atoms with van der Waals surface area (Å²) in [5.74, 6) is 0.0364. The van der Waals surface area contributed by atoms with Crippen LogP contribution in [-0.4, -0.2) is 16.9 Å². The van der Waals surface area contributed by atoms with Gasteiger partial charge in [-0.2, -0.15) is 0 Å². The summed E-state index contributed by atoms with van der Waals surface area (Å²) in [5, 5.41) is 2.99. The van der Waals surface area contributed by atoms with Crippen molar-refractivity contribution >= 4 is 5.91 Å². The third kappa shape index (κ3) is 2.82. The van der Waals surface area contributed by atoms with Crippen LogP contribution in [0.4, 0.5) is 0 Å². The summed E-state index contributed by atoms with van der Waals surface area (Å²) in [6.07, 6.45) is 4.65. The van der Waals surface area contributed by atoms with Gasteiger partial charge >= 0.3 is 0 Å². The first kappa shape index (κ1) is 12.0. The number of pyridine rings is 1. The third-order valence-corrected chi connectivity index (χ3v) is 3.40. The van der Waals surface area contributed by atoms with Gasteiger partial charge in [-0.3, -0.25) is 9.78 Å². The zero-order chi connectivity index (χ0) is 12.3. The summed E-state index contributed by atoms with van der Waals surface area (Å²) in [6, 6.07) is 5.67. The number of amides is 1. The predicted octanol–water partition coefficient (Wildman–Crippen LogP) is 1.39. The van der Waals surface area contributed by atoms with Crippen LogP contribution in [0.3, 0.4) is 0 Å². The SMILES string of the molecule is CC(NC(=O)C1CCCC1N)c1ccccn1. The lowest BCUT2D eigenvalue weighted by molar-refractivity contribution is -0.125. The van der Waals surface area contributed by atoms with E-state index in [1.54, 1.807) is 6.20 Å². The Kier molecular flexibility index (Phi) is 3.74. The van der Waals surface area contributed by atoms with Gasteiger partial charge in [-0.1, -0.05) is 12.5 Å². The minimum absolute atomic E-state index is 0.0194. The molecule has 1 aliphatic rings. The van der Waals surface area contributed by atoms with Gasteiger partial charge in [0.25, 0.3) is 0 Å². The van der Waals surface area contributed by atoms with E-state index in [0.29, 0.717) is 0 Å². The maximum atomic E-state index is 12.0. The van der Waals surface area contributed by atoms with Crippen LogP contribution >= 0.6 is 0 Å². The molecule has 1 amide bonds. The zero-order valence-corrected chi connectivity index (χ0v) is 10.1. The lowest BCUT2D eigenvalue weighted by Crippen LogP contribution is -2.39. The highest BCUT2D eigenvalue weighted by molar-refractivity contribution is 5.80. The summed E-state index contributed by atoms with van der Waals surface area (Å²) in [5.41, 5.74) is 6.80. The van der Waals surface area contributed by atoms with Crippen molar-refractivity contribution in [2.75, 3.05) is 0 Å². The van der Waals surface area contributed by atoms with Gasteiger partial charge in [0.1, 0.15) is 0 Å². The number of carbonyl (C=O) groups excluding carboxylic acids is 1. The molecule has 3 atom stereocenters. The predicted molar refractivity (Wildman–Crippen MR) is 66.1 cm³/mol. The van der Waals surface area contributed by atoms with Crippen molar-refractivity contribution < 1.29 is 4.79 Å². The lowest BCUT2D eigenvalue weighted by atomic mass is 10.0. The van der Waals surface area contributed by atoms with E-state index in [1.807, 2.05) is 25.1 Å². The molecule has 2 rings (SSSR count). The first-order valence-corrected chi connectivity index (χ1v) is 6.15. The Bertz CT molecular complexity index is 380. The number of rotatable bonds is 3. The van der Waals surface area contributed by atoms with Crippen LogP contribution < -0.4 is 11.1 Å². The maximum absolute atomic E-state index is 12.0. The molecule has 17 heavy (non-hydrogen) atoms. The van der Waals surface area contributed by atoms with E-state index >= 15 is 0 Å². The van der Waals surface area contributed by atoms with Crippen LogP contribution in [0.1, 0.15) is 37.9 Å². The van der Waals surface area contributed by atoms with Crippen LogP contribution in [0, 0.1) is 5.92 Å². The van der Waals surface area contributed by atoms with E-state index < -0.39 is 0 Å². The molecule has 3 unspecified atom stereocenters. The first-order valence-electron chi connectivity index (χ1n) is 6.15. The average Bonchev–Trinajstić information content (AvgIpc) is 2.76. The normalized spacial score (nSPS) is 25.5. The van der Waals surface area contributed by atoms with Crippen molar-refractivity contribution in [1.29, 1.82) is 0 Å². The fourth-order valence-electron chi connectivity index (χ4n) is 2.34. The van der Waals surface area contributed by atoms with Gasteiger partial charge in [-0.25, -0.2) is 0 Å². The van der Waals surface area contributed by atoms with E-state index in [0.717, 1.165) is 25.0 Å². The molecule has 92 valence electrons. The molecule has 1 fully saturated rings. The molecule has 3 N–H and O–H groups in total. The summed E-state index contributed by atoms with van der Waals surface area (Å²) >= 11 is 0. The van der Waals surface area contributed by atoms with Gasteiger partial charge in [-0.15, -0.1) is 0 Å². The number of carbonyl (C=O) groups is 1. The minimum Gasteiger partial charge on any atom is -0.348 e. The Labute approximate surface area is 102 Å². The van der Waals surface area contributed by atoms with E-state index in [9.17, 15) is 4.79 Å². The Morgan fingerprint density at radius 1 is 1.53 bits per heavy atom. The molecule has 1 heterocycles. The summed E-state index contributed by atoms with van der Waals surface area (Å²) in [6.45, 7) is 1.95. The highest BCUT2D eigenvalue weighted by Crippen LogP contribution is 2.24. The zero-order valence-electron chi connectivity index (χ0n) is 10.1. The van der Waals surface area contributed by atoms with E-state index in [1.165, 1.54) is 0 Å². The molecule has 1 aliphatic carbocycles. The number of nitrogens with two attached hydrogens (primary N) is 1.